The summed E-state index contributed by atoms with van der Waals surface area (Å²) in [5.41, 5.74) is 7.67. The van der Waals surface area contributed by atoms with Crippen LogP contribution in [0.25, 0.3) is 0 Å². The first-order valence-electron chi connectivity index (χ1n) is 4.01. The third kappa shape index (κ3) is 1.49. The maximum absolute atomic E-state index is 10.9. The molecule has 3 nitrogen and oxygen atoms in total. The first-order chi connectivity index (χ1) is 5.52. The number of hydrogen-bond acceptors (Lipinski definition) is 1. The zero-order valence-electron chi connectivity index (χ0n) is 7.64. The van der Waals surface area contributed by atoms with Crippen molar-refractivity contribution in [3.8, 4) is 0 Å². The Morgan fingerprint density at radius 3 is 2.42 bits per heavy atom. The standard InChI is InChI=1S/C9H14N2O/c1-5(2)8-4-7(9(10)12)6(3)11-8/h4-5,11H,1-3H3,(H2,10,12). The van der Waals surface area contributed by atoms with Crippen molar-refractivity contribution in [2.75, 3.05) is 0 Å². The van der Waals surface area contributed by atoms with E-state index in [1.807, 2.05) is 13.0 Å². The summed E-state index contributed by atoms with van der Waals surface area (Å²) in [5.74, 6) is 0.0347. The van der Waals surface area contributed by atoms with Gasteiger partial charge in [0, 0.05) is 11.4 Å². The van der Waals surface area contributed by atoms with E-state index in [0.717, 1.165) is 11.4 Å². The fourth-order valence-electron chi connectivity index (χ4n) is 1.15. The SMILES string of the molecule is Cc1[nH]c(C(C)C)cc1C(N)=O. The Hall–Kier alpha value is -1.25. The molecule has 0 aliphatic heterocycles. The van der Waals surface area contributed by atoms with Gasteiger partial charge in [0.2, 0.25) is 0 Å². The number of H-pyrrole nitrogens is 1. The van der Waals surface area contributed by atoms with E-state index >= 15 is 0 Å². The average Bonchev–Trinajstić information content (AvgIpc) is 2.30. The Balaban J connectivity index is 3.09. The van der Waals surface area contributed by atoms with Crippen molar-refractivity contribution in [1.29, 1.82) is 0 Å². The van der Waals surface area contributed by atoms with Gasteiger partial charge in [-0.3, -0.25) is 4.79 Å². The highest BCUT2D eigenvalue weighted by molar-refractivity contribution is 5.94. The number of nitrogens with two attached hydrogens (primary N) is 1. The van der Waals surface area contributed by atoms with E-state index in [9.17, 15) is 4.79 Å². The number of hydrogen-bond donors (Lipinski definition) is 2. The van der Waals surface area contributed by atoms with E-state index in [-0.39, 0.29) is 5.91 Å². The summed E-state index contributed by atoms with van der Waals surface area (Å²) in [7, 11) is 0. The van der Waals surface area contributed by atoms with Gasteiger partial charge in [-0.2, -0.15) is 0 Å². The zero-order chi connectivity index (χ0) is 9.30. The quantitative estimate of drug-likeness (QED) is 0.688. The van der Waals surface area contributed by atoms with E-state index in [1.54, 1.807) is 0 Å². The minimum atomic E-state index is -0.365. The van der Waals surface area contributed by atoms with Crippen LogP contribution in [0.4, 0.5) is 0 Å². The first-order valence-corrected chi connectivity index (χ1v) is 4.01. The van der Waals surface area contributed by atoms with Crippen molar-refractivity contribution >= 4 is 5.91 Å². The molecule has 3 heteroatoms. The van der Waals surface area contributed by atoms with Crippen LogP contribution in [0.5, 0.6) is 0 Å². The molecule has 0 fully saturated rings. The number of amides is 1. The summed E-state index contributed by atoms with van der Waals surface area (Å²) in [6.45, 7) is 5.98. The summed E-state index contributed by atoms with van der Waals surface area (Å²) >= 11 is 0. The molecular weight excluding hydrogens is 152 g/mol. The van der Waals surface area contributed by atoms with Crippen molar-refractivity contribution in [2.24, 2.45) is 5.73 Å². The highest BCUT2D eigenvalue weighted by Gasteiger charge is 2.10. The van der Waals surface area contributed by atoms with Gasteiger partial charge >= 0.3 is 0 Å². The number of primary amides is 1. The lowest BCUT2D eigenvalue weighted by atomic mass is 10.1. The molecule has 0 atom stereocenters. The number of aryl methyl sites for hydroxylation is 1. The van der Waals surface area contributed by atoms with Crippen LogP contribution in [0, 0.1) is 6.92 Å². The maximum atomic E-state index is 10.9. The molecule has 1 amide bonds. The molecule has 0 spiro atoms. The van der Waals surface area contributed by atoms with Gasteiger partial charge in [-0.15, -0.1) is 0 Å². The molecule has 0 aromatic carbocycles. The van der Waals surface area contributed by atoms with Gasteiger partial charge in [-0.05, 0) is 18.9 Å². The Bertz CT molecular complexity index is 299. The Labute approximate surface area is 72.0 Å². The van der Waals surface area contributed by atoms with Crippen LogP contribution in [-0.4, -0.2) is 10.9 Å². The van der Waals surface area contributed by atoms with E-state index in [1.165, 1.54) is 0 Å². The van der Waals surface area contributed by atoms with Crippen molar-refractivity contribution in [3.05, 3.63) is 23.0 Å². The summed E-state index contributed by atoms with van der Waals surface area (Å²) in [6.07, 6.45) is 0. The highest BCUT2D eigenvalue weighted by atomic mass is 16.1. The van der Waals surface area contributed by atoms with Crippen LogP contribution in [-0.2, 0) is 0 Å². The summed E-state index contributed by atoms with van der Waals surface area (Å²) in [4.78, 5) is 14.0. The lowest BCUT2D eigenvalue weighted by Crippen LogP contribution is -2.10. The largest absolute Gasteiger partial charge is 0.366 e. The van der Waals surface area contributed by atoms with Gasteiger partial charge in [0.1, 0.15) is 0 Å². The minimum Gasteiger partial charge on any atom is -0.366 e. The highest BCUT2D eigenvalue weighted by Crippen LogP contribution is 2.16. The van der Waals surface area contributed by atoms with E-state index in [0.29, 0.717) is 11.5 Å². The lowest BCUT2D eigenvalue weighted by molar-refractivity contribution is 0.1000. The third-order valence-electron chi connectivity index (χ3n) is 1.92. The van der Waals surface area contributed by atoms with Crippen LogP contribution < -0.4 is 5.73 Å². The number of carbonyl (C=O) groups is 1. The van der Waals surface area contributed by atoms with Gasteiger partial charge in [0.05, 0.1) is 5.56 Å². The average molecular weight is 166 g/mol. The Kier molecular flexibility index (Phi) is 2.22. The molecule has 0 bridgehead atoms. The predicted molar refractivity (Wildman–Crippen MR) is 48.1 cm³/mol. The predicted octanol–water partition coefficient (Wildman–Crippen LogP) is 1.55. The van der Waals surface area contributed by atoms with Gasteiger partial charge in [0.15, 0.2) is 0 Å². The molecule has 1 aromatic rings. The number of aromatic nitrogens is 1. The molecule has 0 saturated heterocycles. The molecule has 12 heavy (non-hydrogen) atoms. The molecule has 1 aromatic heterocycles. The lowest BCUT2D eigenvalue weighted by Gasteiger charge is -1.98. The third-order valence-corrected chi connectivity index (χ3v) is 1.92. The zero-order valence-corrected chi connectivity index (χ0v) is 7.64. The van der Waals surface area contributed by atoms with Crippen LogP contribution in [0.3, 0.4) is 0 Å². The van der Waals surface area contributed by atoms with Crippen molar-refractivity contribution in [3.63, 3.8) is 0 Å². The number of rotatable bonds is 2. The van der Waals surface area contributed by atoms with Crippen LogP contribution in [0.2, 0.25) is 0 Å². The normalized spacial score (nSPS) is 10.7. The second-order valence-electron chi connectivity index (χ2n) is 3.28. The van der Waals surface area contributed by atoms with Crippen LogP contribution >= 0.6 is 0 Å². The van der Waals surface area contributed by atoms with Crippen molar-refractivity contribution in [1.82, 2.24) is 4.98 Å². The first kappa shape index (κ1) is 8.84. The monoisotopic (exact) mass is 166 g/mol. The molecule has 1 rings (SSSR count). The second kappa shape index (κ2) is 3.01. The summed E-state index contributed by atoms with van der Waals surface area (Å²) in [5, 5.41) is 0. The smallest absolute Gasteiger partial charge is 0.250 e. The summed E-state index contributed by atoms with van der Waals surface area (Å²) < 4.78 is 0. The molecule has 3 N–H and O–H groups in total. The molecule has 0 aliphatic rings. The van der Waals surface area contributed by atoms with E-state index in [4.69, 9.17) is 5.73 Å². The number of aromatic amines is 1. The summed E-state index contributed by atoms with van der Waals surface area (Å²) in [6, 6.07) is 1.82. The minimum absolute atomic E-state index is 0.365. The molecule has 0 saturated carbocycles. The molecule has 1 heterocycles. The molecule has 66 valence electrons. The number of carbonyl (C=O) groups excluding carboxylic acids is 1. The van der Waals surface area contributed by atoms with Gasteiger partial charge in [0.25, 0.3) is 5.91 Å². The fourth-order valence-corrected chi connectivity index (χ4v) is 1.15. The maximum Gasteiger partial charge on any atom is 0.250 e. The van der Waals surface area contributed by atoms with Crippen molar-refractivity contribution in [2.45, 2.75) is 26.7 Å². The Morgan fingerprint density at radius 1 is 1.58 bits per heavy atom. The molecular formula is C9H14N2O. The van der Waals surface area contributed by atoms with Crippen molar-refractivity contribution < 1.29 is 4.79 Å². The topological polar surface area (TPSA) is 58.9 Å². The van der Waals surface area contributed by atoms with Gasteiger partial charge in [-0.25, -0.2) is 0 Å². The van der Waals surface area contributed by atoms with E-state index in [2.05, 4.69) is 18.8 Å². The Morgan fingerprint density at radius 2 is 2.17 bits per heavy atom. The molecule has 0 radical (unpaired) electrons. The van der Waals surface area contributed by atoms with Crippen LogP contribution in [0.1, 0.15) is 41.5 Å². The van der Waals surface area contributed by atoms with Gasteiger partial charge in [-0.1, -0.05) is 13.8 Å². The van der Waals surface area contributed by atoms with Gasteiger partial charge < -0.3 is 10.7 Å². The van der Waals surface area contributed by atoms with Crippen LogP contribution in [0.15, 0.2) is 6.07 Å². The number of nitrogens with one attached hydrogen (secondary N) is 1. The fraction of sp³-hybridized carbons (Fsp3) is 0.444. The molecule has 0 unspecified atom stereocenters. The second-order valence-corrected chi connectivity index (χ2v) is 3.28. The molecule has 0 aliphatic carbocycles. The van der Waals surface area contributed by atoms with E-state index < -0.39 is 0 Å².